The van der Waals surface area contributed by atoms with Crippen LogP contribution in [-0.4, -0.2) is 33.6 Å². The second kappa shape index (κ2) is 14.3. The molecule has 0 atom stereocenters. The van der Waals surface area contributed by atoms with Gasteiger partial charge in [-0.3, -0.25) is 0 Å². The highest BCUT2D eigenvalue weighted by Gasteiger charge is 2.12. The number of sulfonamides is 1. The number of guanidine groups is 1. The normalized spacial score (nSPS) is 11.7. The Morgan fingerprint density at radius 2 is 1.66 bits per heavy atom. The third-order valence-electron chi connectivity index (χ3n) is 4.28. The molecule has 32 heavy (non-hydrogen) atoms. The van der Waals surface area contributed by atoms with E-state index in [1.54, 1.807) is 0 Å². The molecular weight excluding hydrogens is 539 g/mol. The van der Waals surface area contributed by atoms with E-state index in [1.807, 2.05) is 76.2 Å². The maximum absolute atomic E-state index is 12.1. The lowest BCUT2D eigenvalue weighted by Crippen LogP contribution is -2.36. The lowest BCUT2D eigenvalue weighted by Gasteiger charge is -2.14. The Balaban J connectivity index is 0.00000512. The number of halogens is 1. The largest absolute Gasteiger partial charge is 0.494 e. The SMILES string of the molecule is CCNC(=NCc1ccc(CS(=O)(=O)NC(C)C)cc1)NCc1ccccc1OCC.I. The molecule has 0 radical (unpaired) electrons. The lowest BCUT2D eigenvalue weighted by atomic mass is 10.1. The Kier molecular flexibility index (Phi) is 12.6. The van der Waals surface area contributed by atoms with E-state index in [2.05, 4.69) is 20.3 Å². The first-order chi connectivity index (χ1) is 14.8. The predicted molar refractivity (Wildman–Crippen MR) is 142 cm³/mol. The van der Waals surface area contributed by atoms with Gasteiger partial charge < -0.3 is 15.4 Å². The van der Waals surface area contributed by atoms with Gasteiger partial charge in [0.1, 0.15) is 5.75 Å². The summed E-state index contributed by atoms with van der Waals surface area (Å²) < 4.78 is 32.4. The molecule has 0 aromatic heterocycles. The summed E-state index contributed by atoms with van der Waals surface area (Å²) in [6, 6.07) is 15.3. The van der Waals surface area contributed by atoms with Crippen LogP contribution in [0.1, 0.15) is 44.4 Å². The van der Waals surface area contributed by atoms with Crippen LogP contribution in [0.5, 0.6) is 5.75 Å². The summed E-state index contributed by atoms with van der Waals surface area (Å²) in [5.74, 6) is 1.55. The van der Waals surface area contributed by atoms with Gasteiger partial charge in [0, 0.05) is 24.7 Å². The van der Waals surface area contributed by atoms with Crippen molar-refractivity contribution in [2.24, 2.45) is 4.99 Å². The third kappa shape index (κ3) is 10.2. The topological polar surface area (TPSA) is 91.8 Å². The molecule has 0 heterocycles. The number of aliphatic imine (C=N–C) groups is 1. The van der Waals surface area contributed by atoms with Gasteiger partial charge in [-0.05, 0) is 44.9 Å². The average Bonchev–Trinajstić information content (AvgIpc) is 2.71. The fourth-order valence-electron chi connectivity index (χ4n) is 3.00. The van der Waals surface area contributed by atoms with Crippen LogP contribution in [0.2, 0.25) is 0 Å². The van der Waals surface area contributed by atoms with Gasteiger partial charge in [-0.1, -0.05) is 42.5 Å². The van der Waals surface area contributed by atoms with Crippen LogP contribution < -0.4 is 20.1 Å². The molecule has 2 aromatic carbocycles. The molecule has 0 spiro atoms. The third-order valence-corrected chi connectivity index (χ3v) is 5.82. The fraction of sp³-hybridized carbons (Fsp3) is 0.435. The van der Waals surface area contributed by atoms with Crippen LogP contribution in [0.25, 0.3) is 0 Å². The van der Waals surface area contributed by atoms with Crippen LogP contribution in [0.4, 0.5) is 0 Å². The Labute approximate surface area is 209 Å². The number of rotatable bonds is 11. The number of nitrogens with one attached hydrogen (secondary N) is 3. The Morgan fingerprint density at radius 1 is 1.00 bits per heavy atom. The molecule has 0 saturated heterocycles. The molecule has 7 nitrogen and oxygen atoms in total. The van der Waals surface area contributed by atoms with E-state index in [9.17, 15) is 8.42 Å². The van der Waals surface area contributed by atoms with E-state index >= 15 is 0 Å². The van der Waals surface area contributed by atoms with Crippen molar-refractivity contribution in [1.29, 1.82) is 0 Å². The van der Waals surface area contributed by atoms with Crippen molar-refractivity contribution in [2.45, 2.75) is 52.6 Å². The Morgan fingerprint density at radius 3 is 2.28 bits per heavy atom. The second-order valence-corrected chi connectivity index (χ2v) is 9.19. The molecule has 2 rings (SSSR count). The number of ether oxygens (including phenoxy) is 1. The Bertz CT molecular complexity index is 948. The molecule has 0 bridgehead atoms. The van der Waals surface area contributed by atoms with E-state index in [0.717, 1.165) is 29.0 Å². The minimum absolute atomic E-state index is 0. The van der Waals surface area contributed by atoms with Crippen molar-refractivity contribution in [2.75, 3.05) is 13.2 Å². The van der Waals surface area contributed by atoms with Crippen molar-refractivity contribution in [3.05, 3.63) is 65.2 Å². The summed E-state index contributed by atoms with van der Waals surface area (Å²) in [6.45, 7) is 10.1. The van der Waals surface area contributed by atoms with Gasteiger partial charge in [-0.15, -0.1) is 24.0 Å². The van der Waals surface area contributed by atoms with Crippen molar-refractivity contribution < 1.29 is 13.2 Å². The summed E-state index contributed by atoms with van der Waals surface area (Å²) in [5.41, 5.74) is 2.82. The van der Waals surface area contributed by atoms with E-state index in [1.165, 1.54) is 0 Å². The zero-order valence-corrected chi connectivity index (χ0v) is 22.4. The molecule has 9 heteroatoms. The molecule has 0 amide bonds. The van der Waals surface area contributed by atoms with Crippen molar-refractivity contribution >= 4 is 40.0 Å². The molecule has 0 aliphatic carbocycles. The van der Waals surface area contributed by atoms with Crippen LogP contribution in [0, 0.1) is 0 Å². The van der Waals surface area contributed by atoms with Gasteiger partial charge in [-0.25, -0.2) is 18.1 Å². The molecule has 3 N–H and O–H groups in total. The van der Waals surface area contributed by atoms with Crippen LogP contribution in [-0.2, 0) is 28.9 Å². The number of hydrogen-bond acceptors (Lipinski definition) is 4. The number of benzene rings is 2. The number of para-hydroxylation sites is 1. The smallest absolute Gasteiger partial charge is 0.216 e. The second-order valence-electron chi connectivity index (χ2n) is 7.44. The zero-order chi connectivity index (χ0) is 22.7. The van der Waals surface area contributed by atoms with Crippen molar-refractivity contribution in [3.63, 3.8) is 0 Å². The average molecular weight is 575 g/mol. The molecule has 2 aromatic rings. The number of hydrogen-bond donors (Lipinski definition) is 3. The predicted octanol–water partition coefficient (Wildman–Crippen LogP) is 3.79. The monoisotopic (exact) mass is 574 g/mol. The van der Waals surface area contributed by atoms with Crippen LogP contribution >= 0.6 is 24.0 Å². The van der Waals surface area contributed by atoms with Crippen molar-refractivity contribution in [1.82, 2.24) is 15.4 Å². The van der Waals surface area contributed by atoms with E-state index in [4.69, 9.17) is 4.74 Å². The summed E-state index contributed by atoms with van der Waals surface area (Å²) in [4.78, 5) is 4.64. The van der Waals surface area contributed by atoms with E-state index in [-0.39, 0.29) is 35.8 Å². The fourth-order valence-corrected chi connectivity index (χ4v) is 4.43. The van der Waals surface area contributed by atoms with Gasteiger partial charge in [0.2, 0.25) is 10.0 Å². The summed E-state index contributed by atoms with van der Waals surface area (Å²) in [5, 5.41) is 6.58. The Hall–Kier alpha value is -1.85. The highest BCUT2D eigenvalue weighted by molar-refractivity contribution is 14.0. The van der Waals surface area contributed by atoms with Crippen molar-refractivity contribution in [3.8, 4) is 5.75 Å². The lowest BCUT2D eigenvalue weighted by molar-refractivity contribution is 0.336. The summed E-state index contributed by atoms with van der Waals surface area (Å²) in [6.07, 6.45) is 0. The molecule has 178 valence electrons. The highest BCUT2D eigenvalue weighted by atomic mass is 127. The summed E-state index contributed by atoms with van der Waals surface area (Å²) >= 11 is 0. The molecule has 0 aliphatic heterocycles. The molecular formula is C23H35IN4O3S. The minimum Gasteiger partial charge on any atom is -0.494 e. The highest BCUT2D eigenvalue weighted by Crippen LogP contribution is 2.17. The quantitative estimate of drug-likeness (QED) is 0.216. The molecule has 0 aliphatic rings. The van der Waals surface area contributed by atoms with Gasteiger partial charge in [0.05, 0.1) is 18.9 Å². The maximum Gasteiger partial charge on any atom is 0.216 e. The molecule has 0 unspecified atom stereocenters. The van der Waals surface area contributed by atoms with E-state index < -0.39 is 10.0 Å². The zero-order valence-electron chi connectivity index (χ0n) is 19.2. The van der Waals surface area contributed by atoms with Crippen LogP contribution in [0.3, 0.4) is 0 Å². The molecule has 0 saturated carbocycles. The minimum atomic E-state index is -3.33. The van der Waals surface area contributed by atoms with E-state index in [0.29, 0.717) is 25.7 Å². The number of nitrogens with zero attached hydrogens (tertiary/aromatic N) is 1. The van der Waals surface area contributed by atoms with Gasteiger partial charge in [0.15, 0.2) is 5.96 Å². The summed E-state index contributed by atoms with van der Waals surface area (Å²) in [7, 11) is -3.33. The maximum atomic E-state index is 12.1. The first kappa shape index (κ1) is 28.2. The standard InChI is InChI=1S/C23H34N4O3S.HI/c1-5-24-23(26-16-21-9-7-8-10-22(21)30-6-2)25-15-19-11-13-20(14-12-19)17-31(28,29)27-18(3)4;/h7-14,18,27H,5-6,15-17H2,1-4H3,(H2,24,25,26);1H. The van der Waals surface area contributed by atoms with Gasteiger partial charge >= 0.3 is 0 Å². The first-order valence-corrected chi connectivity index (χ1v) is 12.3. The van der Waals surface area contributed by atoms with Crippen LogP contribution in [0.15, 0.2) is 53.5 Å². The van der Waals surface area contributed by atoms with Gasteiger partial charge in [-0.2, -0.15) is 0 Å². The molecule has 0 fully saturated rings. The van der Waals surface area contributed by atoms with Gasteiger partial charge in [0.25, 0.3) is 0 Å². The first-order valence-electron chi connectivity index (χ1n) is 10.6.